The van der Waals surface area contributed by atoms with Gasteiger partial charge in [0.15, 0.2) is 0 Å². The third-order valence-electron chi connectivity index (χ3n) is 2.56. The van der Waals surface area contributed by atoms with Gasteiger partial charge in [0, 0.05) is 18.9 Å². The van der Waals surface area contributed by atoms with E-state index in [2.05, 4.69) is 35.8 Å². The molecule has 0 fully saturated rings. The molecule has 2 aromatic heterocycles. The van der Waals surface area contributed by atoms with Crippen LogP contribution < -0.4 is 5.73 Å². The fourth-order valence-corrected chi connectivity index (χ4v) is 1.43. The van der Waals surface area contributed by atoms with Gasteiger partial charge in [-0.05, 0) is 17.0 Å². The summed E-state index contributed by atoms with van der Waals surface area (Å²) in [5.41, 5.74) is 7.58. The van der Waals surface area contributed by atoms with E-state index in [9.17, 15) is 0 Å². The molecule has 2 heterocycles. The molecule has 0 aromatic carbocycles. The highest BCUT2D eigenvalue weighted by Crippen LogP contribution is 2.21. The standard InChI is InChI=1S/C12H17N5/c1-12(2,3)9-7-15-17(8-9)11-14-5-4-10(6-13)16-11/h4-5,7-8H,6,13H2,1-3H3. The largest absolute Gasteiger partial charge is 0.325 e. The Morgan fingerprint density at radius 1 is 1.35 bits per heavy atom. The minimum Gasteiger partial charge on any atom is -0.325 e. The zero-order chi connectivity index (χ0) is 12.5. The van der Waals surface area contributed by atoms with Crippen LogP contribution in [0.2, 0.25) is 0 Å². The lowest BCUT2D eigenvalue weighted by atomic mass is 9.90. The Labute approximate surface area is 101 Å². The molecule has 0 aliphatic rings. The van der Waals surface area contributed by atoms with Gasteiger partial charge in [-0.2, -0.15) is 5.10 Å². The van der Waals surface area contributed by atoms with Gasteiger partial charge >= 0.3 is 0 Å². The summed E-state index contributed by atoms with van der Waals surface area (Å²) in [6.07, 6.45) is 5.50. The van der Waals surface area contributed by atoms with Crippen molar-refractivity contribution in [1.29, 1.82) is 0 Å². The summed E-state index contributed by atoms with van der Waals surface area (Å²) in [5, 5.41) is 4.28. The molecule has 2 N–H and O–H groups in total. The molecule has 0 spiro atoms. The quantitative estimate of drug-likeness (QED) is 0.848. The van der Waals surface area contributed by atoms with E-state index in [1.54, 1.807) is 16.9 Å². The van der Waals surface area contributed by atoms with Crippen molar-refractivity contribution in [3.63, 3.8) is 0 Å². The summed E-state index contributed by atoms with van der Waals surface area (Å²) in [4.78, 5) is 8.51. The van der Waals surface area contributed by atoms with E-state index in [4.69, 9.17) is 5.73 Å². The lowest BCUT2D eigenvalue weighted by Gasteiger charge is -2.14. The van der Waals surface area contributed by atoms with Gasteiger partial charge in [0.25, 0.3) is 5.95 Å². The van der Waals surface area contributed by atoms with Crippen LogP contribution in [0.5, 0.6) is 0 Å². The van der Waals surface area contributed by atoms with Crippen LogP contribution in [0.25, 0.3) is 5.95 Å². The van der Waals surface area contributed by atoms with Crippen LogP contribution in [0.4, 0.5) is 0 Å². The number of hydrogen-bond donors (Lipinski definition) is 1. The second-order valence-corrected chi connectivity index (χ2v) is 4.98. The lowest BCUT2D eigenvalue weighted by Crippen LogP contribution is -2.10. The summed E-state index contributed by atoms with van der Waals surface area (Å²) in [7, 11) is 0. The molecule has 0 aliphatic carbocycles. The second-order valence-electron chi connectivity index (χ2n) is 4.98. The number of rotatable bonds is 2. The molecule has 5 nitrogen and oxygen atoms in total. The van der Waals surface area contributed by atoms with Gasteiger partial charge in [-0.3, -0.25) is 0 Å². The molecule has 0 saturated heterocycles. The number of nitrogens with two attached hydrogens (primary N) is 1. The van der Waals surface area contributed by atoms with Crippen LogP contribution in [0, 0.1) is 0 Å². The van der Waals surface area contributed by atoms with Crippen LogP contribution >= 0.6 is 0 Å². The first kappa shape index (κ1) is 11.7. The van der Waals surface area contributed by atoms with Crippen molar-refractivity contribution in [2.75, 3.05) is 0 Å². The van der Waals surface area contributed by atoms with Crippen molar-refractivity contribution < 1.29 is 0 Å². The molecule has 2 aromatic rings. The Bertz CT molecular complexity index is 510. The Balaban J connectivity index is 2.37. The molecule has 0 radical (unpaired) electrons. The molecule has 5 heteroatoms. The third-order valence-corrected chi connectivity index (χ3v) is 2.56. The van der Waals surface area contributed by atoms with Crippen molar-refractivity contribution >= 4 is 0 Å². The summed E-state index contributed by atoms with van der Waals surface area (Å²) in [5.74, 6) is 0.559. The van der Waals surface area contributed by atoms with E-state index in [1.165, 1.54) is 0 Å². The molecular formula is C12H17N5. The lowest BCUT2D eigenvalue weighted by molar-refractivity contribution is 0.590. The molecule has 0 saturated carbocycles. The Morgan fingerprint density at radius 3 is 2.71 bits per heavy atom. The fourth-order valence-electron chi connectivity index (χ4n) is 1.43. The van der Waals surface area contributed by atoms with Crippen LogP contribution in [-0.4, -0.2) is 19.7 Å². The van der Waals surface area contributed by atoms with Gasteiger partial charge in [0.1, 0.15) is 0 Å². The normalized spacial score (nSPS) is 11.8. The van der Waals surface area contributed by atoms with Crippen LogP contribution in [0.15, 0.2) is 24.7 Å². The Hall–Kier alpha value is -1.75. The fraction of sp³-hybridized carbons (Fsp3) is 0.417. The zero-order valence-electron chi connectivity index (χ0n) is 10.4. The molecule has 0 unspecified atom stereocenters. The second kappa shape index (κ2) is 4.25. The SMILES string of the molecule is CC(C)(C)c1cnn(-c2nccc(CN)n2)c1. The topological polar surface area (TPSA) is 69.6 Å². The summed E-state index contributed by atoms with van der Waals surface area (Å²) in [6.45, 7) is 6.84. The molecule has 0 aliphatic heterocycles. The Kier molecular flexibility index (Phi) is 2.93. The summed E-state index contributed by atoms with van der Waals surface area (Å²) in [6, 6.07) is 1.80. The maximum Gasteiger partial charge on any atom is 0.250 e. The van der Waals surface area contributed by atoms with Gasteiger partial charge in [-0.15, -0.1) is 0 Å². The first-order valence-electron chi connectivity index (χ1n) is 5.58. The molecule has 90 valence electrons. The third kappa shape index (κ3) is 2.50. The predicted octanol–water partition coefficient (Wildman–Crippen LogP) is 1.42. The van der Waals surface area contributed by atoms with E-state index in [0.717, 1.165) is 11.3 Å². The first-order valence-corrected chi connectivity index (χ1v) is 5.58. The van der Waals surface area contributed by atoms with E-state index < -0.39 is 0 Å². The van der Waals surface area contributed by atoms with Crippen LogP contribution in [0.1, 0.15) is 32.0 Å². The van der Waals surface area contributed by atoms with Crippen molar-refractivity contribution in [3.05, 3.63) is 35.9 Å². The van der Waals surface area contributed by atoms with E-state index in [1.807, 2.05) is 12.4 Å². The highest BCUT2D eigenvalue weighted by Gasteiger charge is 2.16. The van der Waals surface area contributed by atoms with Gasteiger partial charge in [0.05, 0.1) is 11.9 Å². The molecule has 17 heavy (non-hydrogen) atoms. The van der Waals surface area contributed by atoms with Crippen LogP contribution in [0.3, 0.4) is 0 Å². The van der Waals surface area contributed by atoms with E-state index in [-0.39, 0.29) is 5.41 Å². The molecule has 0 amide bonds. The predicted molar refractivity (Wildman–Crippen MR) is 65.7 cm³/mol. The minimum absolute atomic E-state index is 0.0731. The zero-order valence-corrected chi connectivity index (χ0v) is 10.4. The smallest absolute Gasteiger partial charge is 0.250 e. The van der Waals surface area contributed by atoms with Gasteiger partial charge in [0.2, 0.25) is 0 Å². The van der Waals surface area contributed by atoms with Crippen molar-refractivity contribution in [3.8, 4) is 5.95 Å². The molecule has 2 rings (SSSR count). The maximum atomic E-state index is 5.55. The number of hydrogen-bond acceptors (Lipinski definition) is 4. The number of aromatic nitrogens is 4. The number of nitrogens with zero attached hydrogens (tertiary/aromatic N) is 4. The molecular weight excluding hydrogens is 214 g/mol. The highest BCUT2D eigenvalue weighted by atomic mass is 15.3. The Morgan fingerprint density at radius 2 is 2.12 bits per heavy atom. The van der Waals surface area contributed by atoms with Crippen LogP contribution in [-0.2, 0) is 12.0 Å². The van der Waals surface area contributed by atoms with Crippen molar-refractivity contribution in [1.82, 2.24) is 19.7 Å². The maximum absolute atomic E-state index is 5.55. The summed E-state index contributed by atoms with van der Waals surface area (Å²) >= 11 is 0. The van der Waals surface area contributed by atoms with Gasteiger partial charge in [-0.25, -0.2) is 14.6 Å². The van der Waals surface area contributed by atoms with Crippen molar-refractivity contribution in [2.45, 2.75) is 32.7 Å². The molecule has 0 atom stereocenters. The molecule has 0 bridgehead atoms. The van der Waals surface area contributed by atoms with E-state index in [0.29, 0.717) is 12.5 Å². The first-order chi connectivity index (χ1) is 8.00. The monoisotopic (exact) mass is 231 g/mol. The van der Waals surface area contributed by atoms with E-state index >= 15 is 0 Å². The summed E-state index contributed by atoms with van der Waals surface area (Å²) < 4.78 is 1.68. The minimum atomic E-state index is 0.0731. The highest BCUT2D eigenvalue weighted by molar-refractivity contribution is 5.21. The van der Waals surface area contributed by atoms with Gasteiger partial charge in [-0.1, -0.05) is 20.8 Å². The van der Waals surface area contributed by atoms with Gasteiger partial charge < -0.3 is 5.73 Å². The average Bonchev–Trinajstić information content (AvgIpc) is 2.78. The van der Waals surface area contributed by atoms with Crippen molar-refractivity contribution in [2.24, 2.45) is 5.73 Å². The average molecular weight is 231 g/mol.